The first-order valence-corrected chi connectivity index (χ1v) is 8.39. The number of likely N-dealkylation sites (N-methyl/N-ethyl adjacent to an activating group) is 1. The predicted octanol–water partition coefficient (Wildman–Crippen LogP) is 2.87. The monoisotopic (exact) mass is 336 g/mol. The maximum Gasteiger partial charge on any atom is 0.242 e. The van der Waals surface area contributed by atoms with Gasteiger partial charge >= 0.3 is 0 Å². The quantitative estimate of drug-likeness (QED) is 0.779. The molecule has 0 saturated carbocycles. The number of fused-ring (bicyclic) bond motifs is 1. The van der Waals surface area contributed by atoms with Gasteiger partial charge < -0.3 is 9.72 Å². The van der Waals surface area contributed by atoms with E-state index < -0.39 is 0 Å². The van der Waals surface area contributed by atoms with Crippen molar-refractivity contribution in [3.63, 3.8) is 0 Å². The Morgan fingerprint density at radius 3 is 2.76 bits per heavy atom. The number of aromatic nitrogens is 2. The van der Waals surface area contributed by atoms with E-state index in [1.165, 1.54) is 0 Å². The molecule has 1 amide bonds. The van der Waals surface area contributed by atoms with Gasteiger partial charge in [-0.2, -0.15) is 0 Å². The molecule has 130 valence electrons. The molecule has 0 spiro atoms. The summed E-state index contributed by atoms with van der Waals surface area (Å²) in [7, 11) is 3.84. The summed E-state index contributed by atoms with van der Waals surface area (Å²) >= 11 is 0. The van der Waals surface area contributed by atoms with Gasteiger partial charge in [-0.25, -0.2) is 4.98 Å². The smallest absolute Gasteiger partial charge is 0.242 e. The maximum absolute atomic E-state index is 12.8. The Hall–Kier alpha value is -2.66. The van der Waals surface area contributed by atoms with Crippen molar-refractivity contribution in [3.8, 4) is 0 Å². The van der Waals surface area contributed by atoms with E-state index in [0.29, 0.717) is 6.54 Å². The highest BCUT2D eigenvalue weighted by Gasteiger charge is 2.23. The average molecular weight is 336 g/mol. The Balaban J connectivity index is 1.79. The van der Waals surface area contributed by atoms with Gasteiger partial charge in [0.05, 0.1) is 18.4 Å². The molecule has 5 heteroatoms. The third kappa shape index (κ3) is 3.56. The summed E-state index contributed by atoms with van der Waals surface area (Å²) in [6.07, 6.45) is 3.79. The second kappa shape index (κ2) is 7.07. The molecular weight excluding hydrogens is 312 g/mol. The first kappa shape index (κ1) is 17.2. The number of carbonyl (C=O) groups is 1. The standard InChI is InChI=1S/C20H24N4O/c1-14-7-5-9-16(11-14)18(23(3)4)20(25)22-13-17-12-21-19-15(2)8-6-10-24(17)19/h5-12,18H,13H2,1-4H3,(H,22,25)/t18-/m1/s1. The summed E-state index contributed by atoms with van der Waals surface area (Å²) in [5, 5.41) is 3.05. The van der Waals surface area contributed by atoms with Crippen LogP contribution in [0.4, 0.5) is 0 Å². The summed E-state index contributed by atoms with van der Waals surface area (Å²) in [6, 6.07) is 11.8. The highest BCUT2D eigenvalue weighted by Crippen LogP contribution is 2.20. The lowest BCUT2D eigenvalue weighted by atomic mass is 10.0. The first-order valence-electron chi connectivity index (χ1n) is 8.39. The molecule has 25 heavy (non-hydrogen) atoms. The Bertz CT molecular complexity index is 898. The third-order valence-electron chi connectivity index (χ3n) is 4.37. The minimum Gasteiger partial charge on any atom is -0.349 e. The van der Waals surface area contributed by atoms with Gasteiger partial charge in [0.1, 0.15) is 11.7 Å². The van der Waals surface area contributed by atoms with E-state index in [9.17, 15) is 4.79 Å². The lowest BCUT2D eigenvalue weighted by Crippen LogP contribution is -2.37. The number of rotatable bonds is 5. The summed E-state index contributed by atoms with van der Waals surface area (Å²) in [5.41, 5.74) is 5.15. The van der Waals surface area contributed by atoms with Crippen LogP contribution < -0.4 is 5.32 Å². The van der Waals surface area contributed by atoms with Gasteiger partial charge in [0.15, 0.2) is 0 Å². The molecule has 0 bridgehead atoms. The van der Waals surface area contributed by atoms with E-state index in [1.54, 1.807) is 0 Å². The zero-order valence-electron chi connectivity index (χ0n) is 15.2. The Labute approximate surface area is 148 Å². The van der Waals surface area contributed by atoms with Gasteiger partial charge in [0.2, 0.25) is 5.91 Å². The van der Waals surface area contributed by atoms with Crippen LogP contribution in [0.15, 0.2) is 48.8 Å². The Morgan fingerprint density at radius 1 is 1.24 bits per heavy atom. The highest BCUT2D eigenvalue weighted by molar-refractivity contribution is 5.83. The number of pyridine rings is 1. The molecule has 0 saturated heterocycles. The van der Waals surface area contributed by atoms with Crippen LogP contribution in [-0.4, -0.2) is 34.3 Å². The molecular formula is C20H24N4O. The van der Waals surface area contributed by atoms with Gasteiger partial charge in [-0.15, -0.1) is 0 Å². The number of amides is 1. The molecule has 0 aliphatic heterocycles. The van der Waals surface area contributed by atoms with Crippen LogP contribution >= 0.6 is 0 Å². The van der Waals surface area contributed by atoms with Crippen molar-refractivity contribution in [2.45, 2.75) is 26.4 Å². The largest absolute Gasteiger partial charge is 0.349 e. The highest BCUT2D eigenvalue weighted by atomic mass is 16.2. The van der Waals surface area contributed by atoms with Crippen molar-refractivity contribution in [2.24, 2.45) is 0 Å². The molecule has 3 rings (SSSR count). The maximum atomic E-state index is 12.8. The molecule has 0 unspecified atom stereocenters. The lowest BCUT2D eigenvalue weighted by Gasteiger charge is -2.24. The number of hydrogen-bond acceptors (Lipinski definition) is 3. The molecule has 2 heterocycles. The fourth-order valence-corrected chi connectivity index (χ4v) is 3.13. The molecule has 5 nitrogen and oxygen atoms in total. The van der Waals surface area contributed by atoms with Gasteiger partial charge in [-0.3, -0.25) is 9.69 Å². The lowest BCUT2D eigenvalue weighted by molar-refractivity contribution is -0.126. The van der Waals surface area contributed by atoms with Crippen molar-refractivity contribution in [3.05, 3.63) is 71.2 Å². The van der Waals surface area contributed by atoms with Gasteiger partial charge in [-0.05, 0) is 45.1 Å². The van der Waals surface area contributed by atoms with Crippen LogP contribution in [0.2, 0.25) is 0 Å². The number of nitrogens with one attached hydrogen (secondary N) is 1. The van der Waals surface area contributed by atoms with E-state index in [2.05, 4.69) is 16.4 Å². The molecule has 0 fully saturated rings. The van der Waals surface area contributed by atoms with Crippen LogP contribution in [-0.2, 0) is 11.3 Å². The summed E-state index contributed by atoms with van der Waals surface area (Å²) in [5.74, 6) is -0.0156. The normalized spacial score (nSPS) is 12.5. The van der Waals surface area contributed by atoms with Crippen LogP contribution in [0.3, 0.4) is 0 Å². The van der Waals surface area contributed by atoms with Crippen molar-refractivity contribution in [2.75, 3.05) is 14.1 Å². The van der Waals surface area contributed by atoms with Crippen molar-refractivity contribution >= 4 is 11.6 Å². The Kier molecular flexibility index (Phi) is 4.86. The SMILES string of the molecule is Cc1cccc([C@H](C(=O)NCc2cnc3c(C)cccn23)N(C)C)c1. The van der Waals surface area contributed by atoms with E-state index in [1.807, 2.05) is 80.0 Å². The second-order valence-electron chi connectivity index (χ2n) is 6.63. The molecule has 0 radical (unpaired) electrons. The molecule has 1 aromatic carbocycles. The fourth-order valence-electron chi connectivity index (χ4n) is 3.13. The van der Waals surface area contributed by atoms with Gasteiger partial charge in [0, 0.05) is 6.20 Å². The molecule has 0 aliphatic carbocycles. The third-order valence-corrected chi connectivity index (χ3v) is 4.37. The van der Waals surface area contributed by atoms with Crippen molar-refractivity contribution in [1.29, 1.82) is 0 Å². The first-order chi connectivity index (χ1) is 12.0. The summed E-state index contributed by atoms with van der Waals surface area (Å²) in [4.78, 5) is 19.2. The van der Waals surface area contributed by atoms with Crippen LogP contribution in [0, 0.1) is 13.8 Å². The number of nitrogens with zero attached hydrogens (tertiary/aromatic N) is 3. The average Bonchev–Trinajstić information content (AvgIpc) is 2.97. The number of imidazole rings is 1. The van der Waals surface area contributed by atoms with E-state index >= 15 is 0 Å². The summed E-state index contributed by atoms with van der Waals surface area (Å²) < 4.78 is 2.02. The fraction of sp³-hybridized carbons (Fsp3) is 0.300. The molecule has 0 aliphatic rings. The molecule has 1 atom stereocenters. The minimum absolute atomic E-state index is 0.0156. The molecule has 3 aromatic rings. The van der Waals surface area contributed by atoms with Crippen LogP contribution in [0.25, 0.3) is 5.65 Å². The van der Waals surface area contributed by atoms with Crippen molar-refractivity contribution < 1.29 is 4.79 Å². The molecule has 2 aromatic heterocycles. The van der Waals surface area contributed by atoms with Crippen LogP contribution in [0.5, 0.6) is 0 Å². The second-order valence-corrected chi connectivity index (χ2v) is 6.63. The van der Waals surface area contributed by atoms with Crippen molar-refractivity contribution in [1.82, 2.24) is 19.6 Å². The predicted molar refractivity (Wildman–Crippen MR) is 99.4 cm³/mol. The van der Waals surface area contributed by atoms with E-state index in [0.717, 1.165) is 28.0 Å². The van der Waals surface area contributed by atoms with E-state index in [4.69, 9.17) is 0 Å². The van der Waals surface area contributed by atoms with Gasteiger partial charge in [0.25, 0.3) is 0 Å². The number of aryl methyl sites for hydroxylation is 2. The zero-order valence-corrected chi connectivity index (χ0v) is 15.2. The topological polar surface area (TPSA) is 49.6 Å². The molecule has 1 N–H and O–H groups in total. The zero-order chi connectivity index (χ0) is 18.0. The van der Waals surface area contributed by atoms with E-state index in [-0.39, 0.29) is 11.9 Å². The minimum atomic E-state index is -0.319. The number of carbonyl (C=O) groups excluding carboxylic acids is 1. The number of benzene rings is 1. The number of hydrogen-bond donors (Lipinski definition) is 1. The summed E-state index contributed by atoms with van der Waals surface area (Å²) in [6.45, 7) is 4.51. The van der Waals surface area contributed by atoms with Gasteiger partial charge in [-0.1, -0.05) is 35.9 Å². The Morgan fingerprint density at radius 2 is 2.04 bits per heavy atom. The van der Waals surface area contributed by atoms with Crippen LogP contribution in [0.1, 0.15) is 28.4 Å².